The van der Waals surface area contributed by atoms with E-state index < -0.39 is 0 Å². The Balaban J connectivity index is 1.97. The lowest BCUT2D eigenvalue weighted by molar-refractivity contribution is 0.162. The zero-order valence-corrected chi connectivity index (χ0v) is 12.6. The third kappa shape index (κ3) is 3.96. The van der Waals surface area contributed by atoms with Crippen LogP contribution in [-0.4, -0.2) is 49.4 Å². The second-order valence-electron chi connectivity index (χ2n) is 5.63. The van der Waals surface area contributed by atoms with E-state index in [9.17, 15) is 0 Å². The van der Waals surface area contributed by atoms with E-state index in [0.717, 1.165) is 44.4 Å². The van der Waals surface area contributed by atoms with Crippen LogP contribution in [0.2, 0.25) is 0 Å². The molecule has 6 heteroatoms. The molecule has 2 heterocycles. The fourth-order valence-corrected chi connectivity index (χ4v) is 2.21. The van der Waals surface area contributed by atoms with Crippen molar-refractivity contribution >= 4 is 5.96 Å². The van der Waals surface area contributed by atoms with Crippen molar-refractivity contribution in [3.05, 3.63) is 18.0 Å². The molecule has 6 nitrogen and oxygen atoms in total. The standard InChI is InChI=1S/C14H24N4O2/c1-4-15-13(16-10-14(2)6-8-19-11-14)18(3)9-12-5-7-20-17-12/h5,7H,4,6,8-11H2,1-3H3,(H,15,16). The maximum atomic E-state index is 5.47. The van der Waals surface area contributed by atoms with Gasteiger partial charge in [-0.15, -0.1) is 0 Å². The van der Waals surface area contributed by atoms with Crippen molar-refractivity contribution in [2.45, 2.75) is 26.8 Å². The van der Waals surface area contributed by atoms with Crippen molar-refractivity contribution in [1.29, 1.82) is 0 Å². The van der Waals surface area contributed by atoms with Gasteiger partial charge in [0, 0.05) is 31.7 Å². The molecule has 1 atom stereocenters. The lowest BCUT2D eigenvalue weighted by Crippen LogP contribution is -2.39. The van der Waals surface area contributed by atoms with Gasteiger partial charge in [-0.25, -0.2) is 0 Å². The summed E-state index contributed by atoms with van der Waals surface area (Å²) in [6.07, 6.45) is 2.66. The summed E-state index contributed by atoms with van der Waals surface area (Å²) in [5.41, 5.74) is 1.06. The Morgan fingerprint density at radius 3 is 3.05 bits per heavy atom. The first kappa shape index (κ1) is 14.8. The zero-order chi connectivity index (χ0) is 14.4. The van der Waals surface area contributed by atoms with Crippen LogP contribution in [0.3, 0.4) is 0 Å². The number of hydrogen-bond acceptors (Lipinski definition) is 4. The van der Waals surface area contributed by atoms with Crippen LogP contribution in [0.5, 0.6) is 0 Å². The highest BCUT2D eigenvalue weighted by molar-refractivity contribution is 5.79. The van der Waals surface area contributed by atoms with Gasteiger partial charge in [-0.1, -0.05) is 12.1 Å². The van der Waals surface area contributed by atoms with E-state index >= 15 is 0 Å². The van der Waals surface area contributed by atoms with E-state index in [1.165, 1.54) is 0 Å². The predicted molar refractivity (Wildman–Crippen MR) is 77.5 cm³/mol. The molecule has 0 amide bonds. The van der Waals surface area contributed by atoms with Crippen molar-refractivity contribution in [2.75, 3.05) is 33.4 Å². The number of ether oxygens (including phenoxy) is 1. The Morgan fingerprint density at radius 1 is 1.60 bits per heavy atom. The maximum absolute atomic E-state index is 5.47. The monoisotopic (exact) mass is 280 g/mol. The van der Waals surface area contributed by atoms with E-state index in [-0.39, 0.29) is 5.41 Å². The van der Waals surface area contributed by atoms with Crippen molar-refractivity contribution in [3.8, 4) is 0 Å². The maximum Gasteiger partial charge on any atom is 0.194 e. The summed E-state index contributed by atoms with van der Waals surface area (Å²) >= 11 is 0. The Kier molecular flexibility index (Phi) is 5.00. The largest absolute Gasteiger partial charge is 0.381 e. The molecule has 0 radical (unpaired) electrons. The van der Waals surface area contributed by atoms with Crippen molar-refractivity contribution < 1.29 is 9.26 Å². The first-order chi connectivity index (χ1) is 9.63. The first-order valence-electron chi connectivity index (χ1n) is 7.09. The van der Waals surface area contributed by atoms with E-state index in [2.05, 4.69) is 29.2 Å². The Morgan fingerprint density at radius 2 is 2.45 bits per heavy atom. The highest BCUT2D eigenvalue weighted by Gasteiger charge is 2.29. The number of rotatable bonds is 5. The third-order valence-corrected chi connectivity index (χ3v) is 3.50. The minimum Gasteiger partial charge on any atom is -0.381 e. The normalized spacial score (nSPS) is 23.1. The molecule has 0 bridgehead atoms. The fraction of sp³-hybridized carbons (Fsp3) is 0.714. The van der Waals surface area contributed by atoms with E-state index in [0.29, 0.717) is 6.54 Å². The van der Waals surface area contributed by atoms with Crippen molar-refractivity contribution in [3.63, 3.8) is 0 Å². The molecule has 0 aromatic carbocycles. The summed E-state index contributed by atoms with van der Waals surface area (Å²) in [6.45, 7) is 8.23. The Labute approximate surface area is 120 Å². The van der Waals surface area contributed by atoms with Crippen LogP contribution in [-0.2, 0) is 11.3 Å². The number of aromatic nitrogens is 1. The van der Waals surface area contributed by atoms with Gasteiger partial charge in [0.2, 0.25) is 0 Å². The summed E-state index contributed by atoms with van der Waals surface area (Å²) < 4.78 is 10.3. The molecule has 1 aliphatic heterocycles. The van der Waals surface area contributed by atoms with Crippen molar-refractivity contribution in [1.82, 2.24) is 15.4 Å². The average molecular weight is 280 g/mol. The van der Waals surface area contributed by atoms with Crippen LogP contribution < -0.4 is 5.32 Å². The van der Waals surface area contributed by atoms with Crippen LogP contribution in [0.1, 0.15) is 26.0 Å². The molecule has 1 unspecified atom stereocenters. The van der Waals surface area contributed by atoms with Gasteiger partial charge in [-0.2, -0.15) is 0 Å². The topological polar surface area (TPSA) is 62.9 Å². The second kappa shape index (κ2) is 6.74. The van der Waals surface area contributed by atoms with Gasteiger partial charge in [0.1, 0.15) is 12.0 Å². The van der Waals surface area contributed by atoms with Gasteiger partial charge in [-0.3, -0.25) is 4.99 Å². The number of aliphatic imine (C=N–C) groups is 1. The summed E-state index contributed by atoms with van der Waals surface area (Å²) in [4.78, 5) is 6.80. The molecule has 1 saturated heterocycles. The third-order valence-electron chi connectivity index (χ3n) is 3.50. The van der Waals surface area contributed by atoms with Crippen LogP contribution in [0, 0.1) is 5.41 Å². The van der Waals surface area contributed by atoms with Gasteiger partial charge >= 0.3 is 0 Å². The van der Waals surface area contributed by atoms with E-state index in [4.69, 9.17) is 14.3 Å². The molecule has 0 aliphatic carbocycles. The lowest BCUT2D eigenvalue weighted by Gasteiger charge is -2.24. The zero-order valence-electron chi connectivity index (χ0n) is 12.6. The average Bonchev–Trinajstić information content (AvgIpc) is 3.06. The Bertz CT molecular complexity index is 424. The molecule has 20 heavy (non-hydrogen) atoms. The highest BCUT2D eigenvalue weighted by Crippen LogP contribution is 2.27. The minimum atomic E-state index is 0.162. The van der Waals surface area contributed by atoms with Crippen molar-refractivity contribution in [2.24, 2.45) is 10.4 Å². The van der Waals surface area contributed by atoms with Gasteiger partial charge in [0.25, 0.3) is 0 Å². The van der Waals surface area contributed by atoms with E-state index in [1.807, 2.05) is 13.1 Å². The van der Waals surface area contributed by atoms with Crippen LogP contribution >= 0.6 is 0 Å². The molecule has 112 valence electrons. The van der Waals surface area contributed by atoms with Gasteiger partial charge in [0.15, 0.2) is 5.96 Å². The summed E-state index contributed by atoms with van der Waals surface area (Å²) in [6, 6.07) is 1.87. The minimum absolute atomic E-state index is 0.162. The quantitative estimate of drug-likeness (QED) is 0.654. The first-order valence-corrected chi connectivity index (χ1v) is 7.09. The summed E-state index contributed by atoms with van der Waals surface area (Å²) in [7, 11) is 2.00. The summed E-state index contributed by atoms with van der Waals surface area (Å²) in [5.74, 6) is 0.892. The number of guanidine groups is 1. The molecular weight excluding hydrogens is 256 g/mol. The molecule has 0 saturated carbocycles. The van der Waals surface area contributed by atoms with E-state index in [1.54, 1.807) is 6.26 Å². The molecule has 0 spiro atoms. The fourth-order valence-electron chi connectivity index (χ4n) is 2.21. The second-order valence-corrected chi connectivity index (χ2v) is 5.63. The van der Waals surface area contributed by atoms with Crippen LogP contribution in [0.15, 0.2) is 21.8 Å². The number of nitrogens with zero attached hydrogens (tertiary/aromatic N) is 3. The molecule has 2 rings (SSSR count). The molecular formula is C14H24N4O2. The van der Waals surface area contributed by atoms with Gasteiger partial charge in [0.05, 0.1) is 19.7 Å². The van der Waals surface area contributed by atoms with Gasteiger partial charge < -0.3 is 19.5 Å². The molecule has 1 fully saturated rings. The predicted octanol–water partition coefficient (Wildman–Crippen LogP) is 1.50. The lowest BCUT2D eigenvalue weighted by atomic mass is 9.90. The Hall–Kier alpha value is -1.56. The summed E-state index contributed by atoms with van der Waals surface area (Å²) in [5, 5.41) is 7.24. The van der Waals surface area contributed by atoms with Gasteiger partial charge in [-0.05, 0) is 13.3 Å². The highest BCUT2D eigenvalue weighted by atomic mass is 16.5. The van der Waals surface area contributed by atoms with Crippen LogP contribution in [0.25, 0.3) is 0 Å². The molecule has 1 aromatic heterocycles. The van der Waals surface area contributed by atoms with Crippen LogP contribution in [0.4, 0.5) is 0 Å². The molecule has 1 aromatic rings. The smallest absolute Gasteiger partial charge is 0.194 e. The number of hydrogen-bond donors (Lipinski definition) is 1. The molecule has 1 aliphatic rings. The number of nitrogens with one attached hydrogen (secondary N) is 1. The SMILES string of the molecule is CCNC(=NCC1(C)CCOC1)N(C)Cc1ccon1. The molecule has 1 N–H and O–H groups in total.